The van der Waals surface area contributed by atoms with Crippen LogP contribution in [-0.4, -0.2) is 23.7 Å². The highest BCUT2D eigenvalue weighted by Gasteiger charge is 2.15. The van der Waals surface area contributed by atoms with Crippen molar-refractivity contribution in [1.29, 1.82) is 0 Å². The second-order valence-corrected chi connectivity index (χ2v) is 5.27. The van der Waals surface area contributed by atoms with E-state index in [4.69, 9.17) is 5.11 Å². The van der Waals surface area contributed by atoms with Gasteiger partial charge in [0, 0.05) is 11.6 Å². The second kappa shape index (κ2) is 8.43. The first kappa shape index (κ1) is 17.2. The smallest absolute Gasteiger partial charge is 0.252 e. The zero-order valence-electron chi connectivity index (χ0n) is 12.7. The molecule has 0 saturated carbocycles. The van der Waals surface area contributed by atoms with Crippen molar-refractivity contribution in [1.82, 2.24) is 5.32 Å². The summed E-state index contributed by atoms with van der Waals surface area (Å²) in [6.07, 6.45) is 1.95. The zero-order chi connectivity index (χ0) is 15.8. The van der Waals surface area contributed by atoms with Gasteiger partial charge in [-0.15, -0.1) is 0 Å². The Labute approximate surface area is 125 Å². The third-order valence-corrected chi connectivity index (χ3v) is 3.36. The summed E-state index contributed by atoms with van der Waals surface area (Å²) in [4.78, 5) is 12.3. The van der Waals surface area contributed by atoms with E-state index in [1.807, 2.05) is 6.92 Å². The van der Waals surface area contributed by atoms with Gasteiger partial charge in [-0.2, -0.15) is 0 Å². The molecule has 0 radical (unpaired) electrons. The molecular formula is C17H22FNO2. The van der Waals surface area contributed by atoms with Crippen molar-refractivity contribution in [3.05, 3.63) is 35.1 Å². The molecule has 21 heavy (non-hydrogen) atoms. The molecular weight excluding hydrogens is 269 g/mol. The normalized spacial score (nSPS) is 13.0. The number of amides is 1. The van der Waals surface area contributed by atoms with Crippen LogP contribution in [0.4, 0.5) is 4.39 Å². The summed E-state index contributed by atoms with van der Waals surface area (Å²) in [6.45, 7) is 5.87. The summed E-state index contributed by atoms with van der Waals surface area (Å²) in [5.41, 5.74) is 0.616. The fourth-order valence-corrected chi connectivity index (χ4v) is 2.08. The van der Waals surface area contributed by atoms with Crippen molar-refractivity contribution in [3.8, 4) is 11.8 Å². The van der Waals surface area contributed by atoms with E-state index in [2.05, 4.69) is 31.0 Å². The van der Waals surface area contributed by atoms with Crippen LogP contribution < -0.4 is 5.32 Å². The van der Waals surface area contributed by atoms with Gasteiger partial charge < -0.3 is 10.4 Å². The Kier molecular flexibility index (Phi) is 6.90. The lowest BCUT2D eigenvalue weighted by Crippen LogP contribution is -2.34. The number of aliphatic hydroxyl groups excluding tert-OH is 1. The van der Waals surface area contributed by atoms with Crippen LogP contribution in [0.25, 0.3) is 0 Å². The van der Waals surface area contributed by atoms with E-state index in [9.17, 15) is 9.18 Å². The van der Waals surface area contributed by atoms with Gasteiger partial charge >= 0.3 is 0 Å². The molecule has 0 saturated heterocycles. The van der Waals surface area contributed by atoms with Crippen LogP contribution >= 0.6 is 0 Å². The summed E-state index contributed by atoms with van der Waals surface area (Å²) in [5, 5.41) is 11.6. The van der Waals surface area contributed by atoms with Gasteiger partial charge in [-0.1, -0.05) is 32.1 Å². The van der Waals surface area contributed by atoms with Gasteiger partial charge in [-0.05, 0) is 37.5 Å². The van der Waals surface area contributed by atoms with Gasteiger partial charge in [0.1, 0.15) is 12.4 Å². The molecule has 0 aliphatic heterocycles. The summed E-state index contributed by atoms with van der Waals surface area (Å²) >= 11 is 0. The highest BCUT2D eigenvalue weighted by atomic mass is 19.1. The molecule has 0 aliphatic carbocycles. The number of carbonyl (C=O) groups is 1. The molecule has 2 atom stereocenters. The predicted molar refractivity (Wildman–Crippen MR) is 81.4 cm³/mol. The fraction of sp³-hybridized carbons (Fsp3) is 0.471. The Bertz CT molecular complexity index is 545. The number of rotatable bonds is 5. The average molecular weight is 291 g/mol. The van der Waals surface area contributed by atoms with E-state index in [1.165, 1.54) is 18.2 Å². The molecule has 0 heterocycles. The van der Waals surface area contributed by atoms with Gasteiger partial charge in [0.2, 0.25) is 0 Å². The maximum absolute atomic E-state index is 13.3. The summed E-state index contributed by atoms with van der Waals surface area (Å²) in [7, 11) is 0. The topological polar surface area (TPSA) is 49.3 Å². The number of aliphatic hydroxyl groups is 1. The van der Waals surface area contributed by atoms with Crippen LogP contribution in [-0.2, 0) is 0 Å². The highest BCUT2D eigenvalue weighted by molar-refractivity contribution is 5.96. The molecule has 1 aromatic carbocycles. The lowest BCUT2D eigenvalue weighted by atomic mass is 9.99. The Morgan fingerprint density at radius 1 is 1.43 bits per heavy atom. The molecule has 0 aromatic heterocycles. The molecule has 0 fully saturated rings. The molecule has 2 N–H and O–H groups in total. The maximum atomic E-state index is 13.3. The van der Waals surface area contributed by atoms with Crippen molar-refractivity contribution in [3.63, 3.8) is 0 Å². The fourth-order valence-electron chi connectivity index (χ4n) is 2.08. The first-order chi connectivity index (χ1) is 9.97. The highest BCUT2D eigenvalue weighted by Crippen LogP contribution is 2.13. The van der Waals surface area contributed by atoms with E-state index in [1.54, 1.807) is 0 Å². The molecule has 1 amide bonds. The molecule has 0 spiro atoms. The maximum Gasteiger partial charge on any atom is 0.252 e. The van der Waals surface area contributed by atoms with Crippen molar-refractivity contribution in [2.75, 3.05) is 6.61 Å². The molecule has 4 heteroatoms. The third-order valence-electron chi connectivity index (χ3n) is 3.36. The zero-order valence-corrected chi connectivity index (χ0v) is 12.7. The van der Waals surface area contributed by atoms with Crippen LogP contribution in [0, 0.1) is 23.6 Å². The van der Waals surface area contributed by atoms with Gasteiger partial charge in [0.05, 0.1) is 5.56 Å². The van der Waals surface area contributed by atoms with Crippen molar-refractivity contribution >= 4 is 5.91 Å². The van der Waals surface area contributed by atoms with Crippen molar-refractivity contribution < 1.29 is 14.3 Å². The van der Waals surface area contributed by atoms with E-state index < -0.39 is 5.82 Å². The SMILES string of the molecule is CCC(C)CC(C)NC(=O)c1ccc(F)cc1C#CCO. The number of benzene rings is 1. The lowest BCUT2D eigenvalue weighted by Gasteiger charge is -2.18. The minimum atomic E-state index is -0.457. The molecule has 3 nitrogen and oxygen atoms in total. The number of halogens is 1. The Morgan fingerprint density at radius 2 is 2.14 bits per heavy atom. The predicted octanol–water partition coefficient (Wildman–Crippen LogP) is 2.72. The van der Waals surface area contributed by atoms with Crippen LogP contribution in [0.2, 0.25) is 0 Å². The Hall–Kier alpha value is -1.86. The van der Waals surface area contributed by atoms with E-state index in [-0.39, 0.29) is 24.1 Å². The van der Waals surface area contributed by atoms with E-state index in [0.717, 1.165) is 12.8 Å². The van der Waals surface area contributed by atoms with Crippen molar-refractivity contribution in [2.45, 2.75) is 39.7 Å². The molecule has 1 rings (SSSR count). The quantitative estimate of drug-likeness (QED) is 0.820. The Balaban J connectivity index is 2.87. The molecule has 2 unspecified atom stereocenters. The number of hydrogen-bond donors (Lipinski definition) is 2. The minimum absolute atomic E-state index is 0.0381. The summed E-state index contributed by atoms with van der Waals surface area (Å²) in [6, 6.07) is 3.90. The lowest BCUT2D eigenvalue weighted by molar-refractivity contribution is 0.0935. The molecule has 0 aliphatic rings. The van der Waals surface area contributed by atoms with E-state index in [0.29, 0.717) is 11.5 Å². The van der Waals surface area contributed by atoms with Gasteiger partial charge in [-0.25, -0.2) is 4.39 Å². The number of carbonyl (C=O) groups excluding carboxylic acids is 1. The van der Waals surface area contributed by atoms with Crippen LogP contribution in [0.3, 0.4) is 0 Å². The molecule has 114 valence electrons. The molecule has 0 bridgehead atoms. The van der Waals surface area contributed by atoms with Gasteiger partial charge in [0.25, 0.3) is 5.91 Å². The van der Waals surface area contributed by atoms with Crippen LogP contribution in [0.15, 0.2) is 18.2 Å². The second-order valence-electron chi connectivity index (χ2n) is 5.27. The minimum Gasteiger partial charge on any atom is -0.384 e. The first-order valence-electron chi connectivity index (χ1n) is 7.18. The first-order valence-corrected chi connectivity index (χ1v) is 7.18. The monoisotopic (exact) mass is 291 g/mol. The number of hydrogen-bond acceptors (Lipinski definition) is 2. The van der Waals surface area contributed by atoms with Crippen molar-refractivity contribution in [2.24, 2.45) is 5.92 Å². The van der Waals surface area contributed by atoms with Crippen LogP contribution in [0.5, 0.6) is 0 Å². The molecule has 1 aromatic rings. The van der Waals surface area contributed by atoms with Gasteiger partial charge in [-0.3, -0.25) is 4.79 Å². The van der Waals surface area contributed by atoms with Gasteiger partial charge in [0.15, 0.2) is 0 Å². The largest absolute Gasteiger partial charge is 0.384 e. The standard InChI is InChI=1S/C17H22FNO2/c1-4-12(2)10-13(3)19-17(21)16-8-7-15(18)11-14(16)6-5-9-20/h7-8,11-13,20H,4,9-10H2,1-3H3,(H,19,21). The van der Waals surface area contributed by atoms with E-state index >= 15 is 0 Å². The van der Waals surface area contributed by atoms with Crippen LogP contribution in [0.1, 0.15) is 49.5 Å². The third kappa shape index (κ3) is 5.57. The summed E-state index contributed by atoms with van der Waals surface area (Å²) < 4.78 is 13.3. The summed E-state index contributed by atoms with van der Waals surface area (Å²) in [5.74, 6) is 4.85. The average Bonchev–Trinajstić information content (AvgIpc) is 2.44. The Morgan fingerprint density at radius 3 is 2.76 bits per heavy atom. The number of nitrogens with one attached hydrogen (secondary N) is 1.